The van der Waals surface area contributed by atoms with E-state index in [1.807, 2.05) is 0 Å². The molecule has 1 amide bonds. The van der Waals surface area contributed by atoms with E-state index in [1.165, 1.54) is 0 Å². The van der Waals surface area contributed by atoms with Gasteiger partial charge in [0.15, 0.2) is 5.75 Å². The van der Waals surface area contributed by atoms with Crippen molar-refractivity contribution in [3.05, 3.63) is 0 Å². The van der Waals surface area contributed by atoms with Crippen LogP contribution >= 0.6 is 0 Å². The van der Waals surface area contributed by atoms with Crippen molar-refractivity contribution in [3.8, 4) is 0 Å². The highest BCUT2D eigenvalue weighted by Crippen LogP contribution is 2.24. The average molecular weight is 276 g/mol. The summed E-state index contributed by atoms with van der Waals surface area (Å²) in [6.07, 6.45) is 2.90. The number of nitrogens with one attached hydrogen (secondary N) is 1. The zero-order chi connectivity index (χ0) is 13.3. The molecule has 1 saturated heterocycles. The summed E-state index contributed by atoms with van der Waals surface area (Å²) in [5.74, 6) is -2.66. The first-order chi connectivity index (χ1) is 8.40. The number of carboxylic acid groups (broad SMARTS) is 1. The van der Waals surface area contributed by atoms with Crippen LogP contribution in [0.15, 0.2) is 0 Å². The molecule has 2 rings (SSSR count). The largest absolute Gasteiger partial charge is 0.480 e. The quantitative estimate of drug-likeness (QED) is 0.680. The number of sulfonamides is 1. The molecule has 0 aromatic rings. The Labute approximate surface area is 105 Å². The van der Waals surface area contributed by atoms with E-state index in [0.717, 1.165) is 17.1 Å². The van der Waals surface area contributed by atoms with E-state index in [2.05, 4.69) is 5.32 Å². The summed E-state index contributed by atoms with van der Waals surface area (Å²) in [7, 11) is -3.90. The molecular weight excluding hydrogens is 260 g/mol. The molecule has 1 unspecified atom stereocenters. The second-order valence-corrected chi connectivity index (χ2v) is 6.62. The van der Waals surface area contributed by atoms with Crippen molar-refractivity contribution in [1.82, 2.24) is 9.62 Å². The van der Waals surface area contributed by atoms with E-state index >= 15 is 0 Å². The van der Waals surface area contributed by atoms with E-state index in [9.17, 15) is 18.0 Å². The molecule has 1 aliphatic carbocycles. The zero-order valence-electron chi connectivity index (χ0n) is 9.83. The van der Waals surface area contributed by atoms with Gasteiger partial charge in [-0.05, 0) is 25.7 Å². The monoisotopic (exact) mass is 276 g/mol. The van der Waals surface area contributed by atoms with Gasteiger partial charge in [-0.1, -0.05) is 0 Å². The number of carbonyl (C=O) groups excluding carboxylic acids is 1. The molecule has 2 fully saturated rings. The lowest BCUT2D eigenvalue weighted by Crippen LogP contribution is -2.47. The van der Waals surface area contributed by atoms with Gasteiger partial charge in [0.1, 0.15) is 6.04 Å². The minimum atomic E-state index is -3.90. The second-order valence-electron chi connectivity index (χ2n) is 4.70. The Morgan fingerprint density at radius 1 is 1.28 bits per heavy atom. The molecule has 0 spiro atoms. The highest BCUT2D eigenvalue weighted by molar-refractivity contribution is 7.89. The molecule has 1 atom stereocenters. The maximum absolute atomic E-state index is 11.9. The highest BCUT2D eigenvalue weighted by Gasteiger charge is 2.40. The molecule has 8 heteroatoms. The third-order valence-electron chi connectivity index (χ3n) is 3.09. The van der Waals surface area contributed by atoms with E-state index in [1.54, 1.807) is 0 Å². The fraction of sp³-hybridized carbons (Fsp3) is 0.800. The van der Waals surface area contributed by atoms with Gasteiger partial charge >= 0.3 is 5.97 Å². The summed E-state index contributed by atoms with van der Waals surface area (Å²) < 4.78 is 24.7. The first-order valence-corrected chi connectivity index (χ1v) is 7.53. The number of carbonyl (C=O) groups is 2. The molecule has 102 valence electrons. The van der Waals surface area contributed by atoms with E-state index in [4.69, 9.17) is 5.11 Å². The Bertz CT molecular complexity index is 457. The molecule has 2 aliphatic rings. The number of amides is 1. The number of aliphatic carboxylic acids is 1. The second kappa shape index (κ2) is 4.85. The van der Waals surface area contributed by atoms with Gasteiger partial charge in [-0.25, -0.2) is 8.42 Å². The number of rotatable bonds is 5. The van der Waals surface area contributed by atoms with Gasteiger partial charge in [0.2, 0.25) is 15.9 Å². The summed E-state index contributed by atoms with van der Waals surface area (Å²) in [5.41, 5.74) is 0. The molecule has 0 aromatic heterocycles. The van der Waals surface area contributed by atoms with Crippen LogP contribution in [0.1, 0.15) is 25.7 Å². The van der Waals surface area contributed by atoms with Crippen molar-refractivity contribution in [2.45, 2.75) is 37.8 Å². The summed E-state index contributed by atoms with van der Waals surface area (Å²) in [6.45, 7) is 0.221. The summed E-state index contributed by atoms with van der Waals surface area (Å²) in [4.78, 5) is 22.4. The van der Waals surface area contributed by atoms with Crippen molar-refractivity contribution < 1.29 is 23.1 Å². The van der Waals surface area contributed by atoms with Crippen molar-refractivity contribution in [3.63, 3.8) is 0 Å². The molecular formula is C10H16N2O5S. The minimum Gasteiger partial charge on any atom is -0.480 e. The molecule has 1 heterocycles. The van der Waals surface area contributed by atoms with E-state index < -0.39 is 27.8 Å². The predicted octanol–water partition coefficient (Wildman–Crippen LogP) is -0.856. The zero-order valence-corrected chi connectivity index (χ0v) is 10.6. The Balaban J connectivity index is 2.06. The summed E-state index contributed by atoms with van der Waals surface area (Å²) >= 11 is 0. The SMILES string of the molecule is O=C(O)CS(=O)(=O)N1CCCC1C(=O)NC1CC1. The Hall–Kier alpha value is -1.15. The van der Waals surface area contributed by atoms with Gasteiger partial charge in [-0.15, -0.1) is 0 Å². The van der Waals surface area contributed by atoms with Crippen LogP contribution in [-0.4, -0.2) is 54.1 Å². The van der Waals surface area contributed by atoms with Gasteiger partial charge in [0.25, 0.3) is 0 Å². The van der Waals surface area contributed by atoms with Gasteiger partial charge in [0.05, 0.1) is 0 Å². The standard InChI is InChI=1S/C10H16N2O5S/c13-9(14)6-18(16,17)12-5-1-2-8(12)10(15)11-7-3-4-7/h7-8H,1-6H2,(H,11,15)(H,13,14). The molecule has 2 N–H and O–H groups in total. The van der Waals surface area contributed by atoms with Crippen molar-refractivity contribution in [1.29, 1.82) is 0 Å². The first-order valence-electron chi connectivity index (χ1n) is 5.92. The van der Waals surface area contributed by atoms with Crippen molar-refractivity contribution in [2.75, 3.05) is 12.3 Å². The van der Waals surface area contributed by atoms with Crippen LogP contribution in [-0.2, 0) is 19.6 Å². The van der Waals surface area contributed by atoms with Crippen LogP contribution in [0, 0.1) is 0 Å². The topological polar surface area (TPSA) is 104 Å². The Kier molecular flexibility index (Phi) is 3.58. The lowest BCUT2D eigenvalue weighted by Gasteiger charge is -2.22. The molecule has 1 aliphatic heterocycles. The van der Waals surface area contributed by atoms with Crippen LogP contribution in [0.4, 0.5) is 0 Å². The molecule has 1 saturated carbocycles. The Morgan fingerprint density at radius 3 is 2.50 bits per heavy atom. The maximum Gasteiger partial charge on any atom is 0.320 e. The van der Waals surface area contributed by atoms with Gasteiger partial charge in [-0.3, -0.25) is 9.59 Å². The van der Waals surface area contributed by atoms with Gasteiger partial charge < -0.3 is 10.4 Å². The van der Waals surface area contributed by atoms with Crippen LogP contribution in [0.3, 0.4) is 0 Å². The molecule has 0 radical (unpaired) electrons. The Morgan fingerprint density at radius 2 is 1.94 bits per heavy atom. The van der Waals surface area contributed by atoms with E-state index in [0.29, 0.717) is 12.8 Å². The third-order valence-corrected chi connectivity index (χ3v) is 4.86. The van der Waals surface area contributed by atoms with Gasteiger partial charge in [-0.2, -0.15) is 4.31 Å². The average Bonchev–Trinajstić information content (AvgIpc) is 2.91. The smallest absolute Gasteiger partial charge is 0.320 e. The van der Waals surface area contributed by atoms with Crippen LogP contribution in [0.5, 0.6) is 0 Å². The predicted molar refractivity (Wildman–Crippen MR) is 62.3 cm³/mol. The summed E-state index contributed by atoms with van der Waals surface area (Å²) in [5, 5.41) is 11.3. The number of hydrogen-bond acceptors (Lipinski definition) is 4. The van der Waals surface area contributed by atoms with Crippen LogP contribution in [0.2, 0.25) is 0 Å². The number of nitrogens with zero attached hydrogens (tertiary/aromatic N) is 1. The highest BCUT2D eigenvalue weighted by atomic mass is 32.2. The lowest BCUT2D eigenvalue weighted by molar-refractivity contribution is -0.134. The van der Waals surface area contributed by atoms with Crippen molar-refractivity contribution in [2.24, 2.45) is 0 Å². The summed E-state index contributed by atoms with van der Waals surface area (Å²) in [6, 6.07) is -0.572. The third kappa shape index (κ3) is 2.99. The fourth-order valence-corrected chi connectivity index (χ4v) is 3.57. The molecule has 0 aromatic carbocycles. The van der Waals surface area contributed by atoms with E-state index in [-0.39, 0.29) is 18.5 Å². The number of carboxylic acids is 1. The maximum atomic E-state index is 11.9. The van der Waals surface area contributed by atoms with Crippen LogP contribution in [0.25, 0.3) is 0 Å². The fourth-order valence-electron chi connectivity index (χ4n) is 2.10. The first kappa shape index (κ1) is 13.3. The van der Waals surface area contributed by atoms with Crippen molar-refractivity contribution >= 4 is 21.9 Å². The molecule has 7 nitrogen and oxygen atoms in total. The van der Waals surface area contributed by atoms with Gasteiger partial charge in [0, 0.05) is 12.6 Å². The number of hydrogen-bond donors (Lipinski definition) is 2. The molecule has 0 bridgehead atoms. The lowest BCUT2D eigenvalue weighted by atomic mass is 10.2. The normalized spacial score (nSPS) is 25.0. The van der Waals surface area contributed by atoms with Crippen LogP contribution < -0.4 is 5.32 Å². The molecule has 18 heavy (non-hydrogen) atoms. The minimum absolute atomic E-state index is 0.169.